The molecule has 0 amide bonds. The van der Waals surface area contributed by atoms with Crippen LogP contribution in [0.15, 0.2) is 0 Å². The van der Waals surface area contributed by atoms with Crippen molar-refractivity contribution in [2.24, 2.45) is 5.41 Å². The fourth-order valence-electron chi connectivity index (χ4n) is 1.62. The molecule has 0 radical (unpaired) electrons. The van der Waals surface area contributed by atoms with E-state index < -0.39 is 16.0 Å². The molecule has 0 aliphatic carbocycles. The predicted octanol–water partition coefficient (Wildman–Crippen LogP) is 0.197. The first kappa shape index (κ1) is 14.4. The molecule has 0 saturated carbocycles. The third-order valence-electron chi connectivity index (χ3n) is 3.00. The maximum absolute atomic E-state index is 11.5. The molecule has 6 nitrogen and oxygen atoms in total. The number of rotatable bonds is 6. The highest BCUT2D eigenvalue weighted by Gasteiger charge is 2.28. The van der Waals surface area contributed by atoms with E-state index in [0.717, 1.165) is 12.8 Å². The van der Waals surface area contributed by atoms with Crippen LogP contribution in [0, 0.1) is 5.41 Å². The SMILES string of the molecule is CC1(CNS(=O)(=O)CCC(=O)O)CCOCC1. The van der Waals surface area contributed by atoms with Gasteiger partial charge in [-0.15, -0.1) is 0 Å². The summed E-state index contributed by atoms with van der Waals surface area (Å²) in [4.78, 5) is 10.3. The molecule has 1 rings (SSSR count). The Hall–Kier alpha value is -0.660. The van der Waals surface area contributed by atoms with Gasteiger partial charge in [0.15, 0.2) is 0 Å². The average Bonchev–Trinajstić information content (AvgIpc) is 2.26. The zero-order valence-electron chi connectivity index (χ0n) is 9.94. The Morgan fingerprint density at radius 2 is 2.00 bits per heavy atom. The number of carboxylic acids is 1. The topological polar surface area (TPSA) is 92.7 Å². The largest absolute Gasteiger partial charge is 0.481 e. The molecule has 2 N–H and O–H groups in total. The predicted molar refractivity (Wildman–Crippen MR) is 62.2 cm³/mol. The molecule has 1 saturated heterocycles. The van der Waals surface area contributed by atoms with Gasteiger partial charge in [0.05, 0.1) is 12.2 Å². The molecule has 1 aliphatic heterocycles. The van der Waals surface area contributed by atoms with Crippen LogP contribution < -0.4 is 4.72 Å². The molecular weight excluding hydrogens is 246 g/mol. The lowest BCUT2D eigenvalue weighted by atomic mass is 9.83. The van der Waals surface area contributed by atoms with E-state index >= 15 is 0 Å². The molecule has 17 heavy (non-hydrogen) atoms. The first-order valence-corrected chi connectivity index (χ1v) is 7.25. The van der Waals surface area contributed by atoms with E-state index in [0.29, 0.717) is 19.8 Å². The van der Waals surface area contributed by atoms with Gasteiger partial charge in [0.1, 0.15) is 0 Å². The number of hydrogen-bond acceptors (Lipinski definition) is 4. The molecule has 7 heteroatoms. The van der Waals surface area contributed by atoms with Crippen LogP contribution in [-0.4, -0.2) is 45.0 Å². The minimum atomic E-state index is -3.49. The van der Waals surface area contributed by atoms with Crippen LogP contribution in [0.3, 0.4) is 0 Å². The van der Waals surface area contributed by atoms with Gasteiger partial charge in [0, 0.05) is 19.8 Å². The summed E-state index contributed by atoms with van der Waals surface area (Å²) in [6, 6.07) is 0. The normalized spacial score (nSPS) is 20.1. The maximum atomic E-state index is 11.5. The van der Waals surface area contributed by atoms with E-state index in [1.807, 2.05) is 6.92 Å². The Kier molecular flexibility index (Phi) is 4.91. The molecule has 1 heterocycles. The summed E-state index contributed by atoms with van der Waals surface area (Å²) >= 11 is 0. The zero-order valence-corrected chi connectivity index (χ0v) is 10.8. The van der Waals surface area contributed by atoms with Gasteiger partial charge < -0.3 is 9.84 Å². The van der Waals surface area contributed by atoms with E-state index in [1.54, 1.807) is 0 Å². The fourth-order valence-corrected chi connectivity index (χ4v) is 2.78. The number of hydrogen-bond donors (Lipinski definition) is 2. The molecule has 100 valence electrons. The Balaban J connectivity index is 2.40. The van der Waals surface area contributed by atoms with Crippen LogP contribution in [-0.2, 0) is 19.6 Å². The van der Waals surface area contributed by atoms with Gasteiger partial charge in [-0.1, -0.05) is 6.92 Å². The first-order chi connectivity index (χ1) is 7.83. The van der Waals surface area contributed by atoms with Crippen LogP contribution in [0.1, 0.15) is 26.2 Å². The molecule has 0 unspecified atom stereocenters. The van der Waals surface area contributed by atoms with Crippen LogP contribution in [0.4, 0.5) is 0 Å². The molecule has 0 bridgehead atoms. The fraction of sp³-hybridized carbons (Fsp3) is 0.900. The van der Waals surface area contributed by atoms with Crippen molar-refractivity contribution in [2.75, 3.05) is 25.5 Å². The van der Waals surface area contributed by atoms with Gasteiger partial charge in [-0.25, -0.2) is 13.1 Å². The molecule has 0 spiro atoms. The average molecular weight is 265 g/mol. The Bertz CT molecular complexity index is 359. The molecule has 0 aromatic carbocycles. The Labute approximate surface area is 101 Å². The third-order valence-corrected chi connectivity index (χ3v) is 4.33. The summed E-state index contributed by atoms with van der Waals surface area (Å²) in [5.41, 5.74) is -0.0887. The highest BCUT2D eigenvalue weighted by atomic mass is 32.2. The lowest BCUT2D eigenvalue weighted by Gasteiger charge is -2.33. The standard InChI is InChI=1S/C10H19NO5S/c1-10(3-5-16-6-4-10)8-11-17(14,15)7-2-9(12)13/h11H,2-8H2,1H3,(H,12,13). The van der Waals surface area contributed by atoms with Crippen molar-refractivity contribution in [3.05, 3.63) is 0 Å². The number of sulfonamides is 1. The van der Waals surface area contributed by atoms with Crippen molar-refractivity contribution in [1.29, 1.82) is 0 Å². The number of carboxylic acid groups (broad SMARTS) is 1. The number of carbonyl (C=O) groups is 1. The highest BCUT2D eigenvalue weighted by molar-refractivity contribution is 7.89. The molecule has 1 aliphatic rings. The Morgan fingerprint density at radius 1 is 1.41 bits per heavy atom. The molecule has 0 aromatic rings. The third kappa shape index (κ3) is 5.47. The smallest absolute Gasteiger partial charge is 0.304 e. The van der Waals surface area contributed by atoms with Crippen LogP contribution in [0.2, 0.25) is 0 Å². The highest BCUT2D eigenvalue weighted by Crippen LogP contribution is 2.28. The van der Waals surface area contributed by atoms with E-state index in [-0.39, 0.29) is 17.6 Å². The van der Waals surface area contributed by atoms with E-state index in [9.17, 15) is 13.2 Å². The van der Waals surface area contributed by atoms with Gasteiger partial charge in [-0.05, 0) is 18.3 Å². The maximum Gasteiger partial charge on any atom is 0.304 e. The van der Waals surface area contributed by atoms with Gasteiger partial charge in [0.2, 0.25) is 10.0 Å². The number of ether oxygens (including phenoxy) is 1. The van der Waals surface area contributed by atoms with Crippen molar-refractivity contribution in [1.82, 2.24) is 4.72 Å². The Morgan fingerprint density at radius 3 is 2.53 bits per heavy atom. The van der Waals surface area contributed by atoms with E-state index in [1.165, 1.54) is 0 Å². The lowest BCUT2D eigenvalue weighted by molar-refractivity contribution is -0.136. The van der Waals surface area contributed by atoms with Gasteiger partial charge in [0.25, 0.3) is 0 Å². The quantitative estimate of drug-likeness (QED) is 0.715. The first-order valence-electron chi connectivity index (χ1n) is 5.60. The van der Waals surface area contributed by atoms with Crippen LogP contribution >= 0.6 is 0 Å². The summed E-state index contributed by atoms with van der Waals surface area (Å²) in [5.74, 6) is -1.47. The van der Waals surface area contributed by atoms with Crippen LogP contribution in [0.5, 0.6) is 0 Å². The van der Waals surface area contributed by atoms with Gasteiger partial charge in [-0.2, -0.15) is 0 Å². The zero-order chi connectivity index (χ0) is 12.9. The second-order valence-electron chi connectivity index (χ2n) is 4.71. The summed E-state index contributed by atoms with van der Waals surface area (Å²) in [5, 5.41) is 8.44. The minimum Gasteiger partial charge on any atom is -0.481 e. The number of nitrogens with one attached hydrogen (secondary N) is 1. The second-order valence-corrected chi connectivity index (χ2v) is 6.63. The van der Waals surface area contributed by atoms with Crippen molar-refractivity contribution in [2.45, 2.75) is 26.2 Å². The second kappa shape index (κ2) is 5.79. The van der Waals surface area contributed by atoms with Crippen molar-refractivity contribution >= 4 is 16.0 Å². The summed E-state index contributed by atoms with van der Waals surface area (Å²) in [7, 11) is -3.49. The summed E-state index contributed by atoms with van der Waals surface area (Å²) in [6.45, 7) is 3.65. The molecular formula is C10H19NO5S. The summed E-state index contributed by atoms with van der Waals surface area (Å²) in [6.07, 6.45) is 1.26. The van der Waals surface area contributed by atoms with Crippen molar-refractivity contribution in [3.8, 4) is 0 Å². The molecule has 0 aromatic heterocycles. The number of aliphatic carboxylic acids is 1. The minimum absolute atomic E-state index is 0.0887. The van der Waals surface area contributed by atoms with E-state index in [4.69, 9.17) is 9.84 Å². The summed E-state index contributed by atoms with van der Waals surface area (Å²) < 4.78 is 30.7. The van der Waals surface area contributed by atoms with E-state index in [2.05, 4.69) is 4.72 Å². The van der Waals surface area contributed by atoms with Gasteiger partial charge in [-0.3, -0.25) is 4.79 Å². The molecule has 0 atom stereocenters. The molecule has 1 fully saturated rings. The van der Waals surface area contributed by atoms with Gasteiger partial charge >= 0.3 is 5.97 Å². The lowest BCUT2D eigenvalue weighted by Crippen LogP contribution is -2.40. The van der Waals surface area contributed by atoms with Crippen LogP contribution in [0.25, 0.3) is 0 Å². The van der Waals surface area contributed by atoms with Crippen molar-refractivity contribution in [3.63, 3.8) is 0 Å². The monoisotopic (exact) mass is 265 g/mol. The van der Waals surface area contributed by atoms with Crippen molar-refractivity contribution < 1.29 is 23.1 Å².